The molecule has 4 heteroatoms. The van der Waals surface area contributed by atoms with Gasteiger partial charge in [0.05, 0.1) is 6.04 Å². The third-order valence-corrected chi connectivity index (χ3v) is 3.23. The lowest BCUT2D eigenvalue weighted by molar-refractivity contribution is 0.218. The minimum absolute atomic E-state index is 0.0795. The van der Waals surface area contributed by atoms with Crippen molar-refractivity contribution in [3.8, 4) is 0 Å². The van der Waals surface area contributed by atoms with Crippen LogP contribution < -0.4 is 10.2 Å². The van der Waals surface area contributed by atoms with Gasteiger partial charge in [0, 0.05) is 25.8 Å². The van der Waals surface area contributed by atoms with Crippen LogP contribution >= 0.6 is 0 Å². The molecule has 1 unspecified atom stereocenters. The summed E-state index contributed by atoms with van der Waals surface area (Å²) in [6.07, 6.45) is 0. The number of aryl methyl sites for hydroxylation is 1. The zero-order valence-corrected chi connectivity index (χ0v) is 10.6. The van der Waals surface area contributed by atoms with E-state index in [0.717, 1.165) is 18.8 Å². The van der Waals surface area contributed by atoms with Crippen LogP contribution in [0.4, 0.5) is 10.5 Å². The number of carbonyl (C=O) groups is 1. The minimum Gasteiger partial charge on any atom is -0.321 e. The number of nitrogens with one attached hydrogen (secondary N) is 1. The third-order valence-electron chi connectivity index (χ3n) is 3.23. The highest BCUT2D eigenvalue weighted by atomic mass is 16.2. The fraction of sp³-hybridized carbons (Fsp3) is 0.462. The summed E-state index contributed by atoms with van der Waals surface area (Å²) in [4.78, 5) is 15.8. The van der Waals surface area contributed by atoms with Crippen molar-refractivity contribution in [2.75, 3.05) is 32.1 Å². The van der Waals surface area contributed by atoms with Gasteiger partial charge in [0.15, 0.2) is 0 Å². The first kappa shape index (κ1) is 11.9. The molecule has 92 valence electrons. The normalized spacial score (nSPS) is 20.2. The van der Waals surface area contributed by atoms with Gasteiger partial charge in [-0.15, -0.1) is 0 Å². The van der Waals surface area contributed by atoms with E-state index in [2.05, 4.69) is 5.32 Å². The number of carbonyl (C=O) groups excluding carboxylic acids is 1. The van der Waals surface area contributed by atoms with Crippen molar-refractivity contribution in [3.63, 3.8) is 0 Å². The van der Waals surface area contributed by atoms with Crippen molar-refractivity contribution >= 4 is 11.7 Å². The summed E-state index contributed by atoms with van der Waals surface area (Å²) >= 11 is 0. The Morgan fingerprint density at radius 2 is 2.24 bits per heavy atom. The second-order valence-corrected chi connectivity index (χ2v) is 4.55. The Morgan fingerprint density at radius 3 is 2.88 bits per heavy atom. The second-order valence-electron chi connectivity index (χ2n) is 4.55. The minimum atomic E-state index is 0.0795. The molecule has 0 radical (unpaired) electrons. The van der Waals surface area contributed by atoms with E-state index in [1.54, 1.807) is 4.90 Å². The molecule has 1 saturated heterocycles. The number of nitrogens with zero attached hydrogens (tertiary/aromatic N) is 2. The lowest BCUT2D eigenvalue weighted by atomic mass is 10.2. The lowest BCUT2D eigenvalue weighted by Crippen LogP contribution is -2.37. The van der Waals surface area contributed by atoms with Crippen LogP contribution in [0.5, 0.6) is 0 Å². The van der Waals surface area contributed by atoms with Gasteiger partial charge in [0.25, 0.3) is 0 Å². The number of anilines is 1. The van der Waals surface area contributed by atoms with Crippen molar-refractivity contribution in [2.45, 2.75) is 13.0 Å². The first-order valence-electron chi connectivity index (χ1n) is 5.89. The maximum atomic E-state index is 12.1. The Hall–Kier alpha value is -1.55. The standard InChI is InChI=1S/C13H19N3O/c1-10-5-4-6-11(7-10)16-9-12(8-14-2)15(3)13(16)17/h4-7,12,14H,8-9H2,1-3H3. The molecule has 0 spiro atoms. The summed E-state index contributed by atoms with van der Waals surface area (Å²) in [5.74, 6) is 0. The van der Waals surface area contributed by atoms with Crippen molar-refractivity contribution in [3.05, 3.63) is 29.8 Å². The highest BCUT2D eigenvalue weighted by Crippen LogP contribution is 2.23. The first-order chi connectivity index (χ1) is 8.13. The van der Waals surface area contributed by atoms with Crippen LogP contribution in [-0.2, 0) is 0 Å². The fourth-order valence-electron chi connectivity index (χ4n) is 2.21. The Kier molecular flexibility index (Phi) is 3.33. The van der Waals surface area contributed by atoms with Gasteiger partial charge < -0.3 is 10.2 Å². The topological polar surface area (TPSA) is 35.6 Å². The summed E-state index contributed by atoms with van der Waals surface area (Å²) in [6.45, 7) is 3.61. The molecule has 1 N–H and O–H groups in total. The largest absolute Gasteiger partial charge is 0.324 e. The molecule has 0 saturated carbocycles. The monoisotopic (exact) mass is 233 g/mol. The molecule has 0 aliphatic carbocycles. The van der Waals surface area contributed by atoms with Crippen LogP contribution in [-0.4, -0.2) is 44.2 Å². The van der Waals surface area contributed by atoms with Crippen molar-refractivity contribution < 1.29 is 4.79 Å². The molecule has 0 bridgehead atoms. The molecule has 2 amide bonds. The van der Waals surface area contributed by atoms with E-state index in [1.165, 1.54) is 5.56 Å². The van der Waals surface area contributed by atoms with Gasteiger partial charge in [-0.25, -0.2) is 4.79 Å². The number of rotatable bonds is 3. The van der Waals surface area contributed by atoms with Gasteiger partial charge >= 0.3 is 6.03 Å². The fourth-order valence-corrected chi connectivity index (χ4v) is 2.21. The SMILES string of the molecule is CNCC1CN(c2cccc(C)c2)C(=O)N1C. The van der Waals surface area contributed by atoms with E-state index >= 15 is 0 Å². The Balaban J connectivity index is 2.20. The summed E-state index contributed by atoms with van der Waals surface area (Å²) < 4.78 is 0. The summed E-state index contributed by atoms with van der Waals surface area (Å²) in [7, 11) is 3.77. The molecule has 1 fully saturated rings. The molecule has 1 atom stereocenters. The van der Waals surface area contributed by atoms with Gasteiger partial charge in [-0.1, -0.05) is 12.1 Å². The molecule has 1 heterocycles. The smallest absolute Gasteiger partial charge is 0.321 e. The summed E-state index contributed by atoms with van der Waals surface area (Å²) in [6, 6.07) is 8.39. The van der Waals surface area contributed by atoms with Crippen LogP contribution in [0.1, 0.15) is 5.56 Å². The molecular weight excluding hydrogens is 214 g/mol. The van der Waals surface area contributed by atoms with Gasteiger partial charge in [0.1, 0.15) is 0 Å². The van der Waals surface area contributed by atoms with Gasteiger partial charge in [-0.2, -0.15) is 0 Å². The Labute approximate surface area is 102 Å². The van der Waals surface area contributed by atoms with Crippen LogP contribution in [0.2, 0.25) is 0 Å². The molecule has 2 rings (SSSR count). The number of amides is 2. The molecule has 1 aromatic carbocycles. The van der Waals surface area contributed by atoms with Gasteiger partial charge in [0.2, 0.25) is 0 Å². The zero-order chi connectivity index (χ0) is 12.4. The highest BCUT2D eigenvalue weighted by Gasteiger charge is 2.34. The molecule has 1 aliphatic rings. The Morgan fingerprint density at radius 1 is 1.47 bits per heavy atom. The van der Waals surface area contributed by atoms with E-state index in [4.69, 9.17) is 0 Å². The van der Waals surface area contributed by atoms with E-state index in [1.807, 2.05) is 50.2 Å². The van der Waals surface area contributed by atoms with E-state index in [0.29, 0.717) is 0 Å². The predicted molar refractivity (Wildman–Crippen MR) is 69.4 cm³/mol. The predicted octanol–water partition coefficient (Wildman–Crippen LogP) is 1.45. The number of hydrogen-bond donors (Lipinski definition) is 1. The second kappa shape index (κ2) is 4.75. The molecule has 1 aromatic rings. The molecular formula is C13H19N3O. The molecule has 4 nitrogen and oxygen atoms in total. The van der Waals surface area contributed by atoms with Crippen LogP contribution in [0, 0.1) is 6.92 Å². The number of urea groups is 1. The van der Waals surface area contributed by atoms with Gasteiger partial charge in [-0.05, 0) is 31.7 Å². The summed E-state index contributed by atoms with van der Waals surface area (Å²) in [5, 5.41) is 3.12. The quantitative estimate of drug-likeness (QED) is 0.858. The van der Waals surface area contributed by atoms with Crippen molar-refractivity contribution in [1.29, 1.82) is 0 Å². The van der Waals surface area contributed by atoms with Gasteiger partial charge in [-0.3, -0.25) is 4.90 Å². The average Bonchev–Trinajstić information content (AvgIpc) is 2.58. The van der Waals surface area contributed by atoms with Crippen molar-refractivity contribution in [2.24, 2.45) is 0 Å². The number of hydrogen-bond acceptors (Lipinski definition) is 2. The highest BCUT2D eigenvalue weighted by molar-refractivity contribution is 5.94. The molecule has 1 aliphatic heterocycles. The lowest BCUT2D eigenvalue weighted by Gasteiger charge is -2.16. The number of benzene rings is 1. The zero-order valence-electron chi connectivity index (χ0n) is 10.6. The maximum Gasteiger partial charge on any atom is 0.324 e. The van der Waals surface area contributed by atoms with E-state index in [-0.39, 0.29) is 12.1 Å². The van der Waals surface area contributed by atoms with Crippen LogP contribution in [0.25, 0.3) is 0 Å². The molecule has 17 heavy (non-hydrogen) atoms. The summed E-state index contributed by atoms with van der Waals surface area (Å²) in [5.41, 5.74) is 2.16. The molecule has 0 aromatic heterocycles. The first-order valence-corrected chi connectivity index (χ1v) is 5.89. The van der Waals surface area contributed by atoms with Crippen LogP contribution in [0.3, 0.4) is 0 Å². The number of likely N-dealkylation sites (N-methyl/N-ethyl adjacent to an activating group) is 2. The van der Waals surface area contributed by atoms with E-state index in [9.17, 15) is 4.79 Å². The third kappa shape index (κ3) is 2.26. The Bertz CT molecular complexity index is 419. The maximum absolute atomic E-state index is 12.1. The van der Waals surface area contributed by atoms with Crippen LogP contribution in [0.15, 0.2) is 24.3 Å². The van der Waals surface area contributed by atoms with E-state index < -0.39 is 0 Å². The average molecular weight is 233 g/mol. The van der Waals surface area contributed by atoms with Crippen molar-refractivity contribution in [1.82, 2.24) is 10.2 Å².